The number of hydrogen-bond donors (Lipinski definition) is 0. The van der Waals surface area contributed by atoms with Crippen LogP contribution >= 0.6 is 0 Å². The molecule has 5 heterocycles. The Balaban J connectivity index is 1.00. The Hall–Kier alpha value is -7.96. The quantitative estimate of drug-likeness (QED) is 0.168. The second-order valence-electron chi connectivity index (χ2n) is 16.0. The van der Waals surface area contributed by atoms with Crippen molar-refractivity contribution in [2.24, 2.45) is 0 Å². The van der Waals surface area contributed by atoms with Gasteiger partial charge in [0.05, 0.1) is 38.8 Å². The topological polar surface area (TPSA) is 33.2 Å². The molecule has 2 aliphatic heterocycles. The average Bonchev–Trinajstić information content (AvgIpc) is 3.94. The summed E-state index contributed by atoms with van der Waals surface area (Å²) in [6.07, 6.45) is 0. The summed E-state index contributed by atoms with van der Waals surface area (Å²) < 4.78 is 21.2. The van der Waals surface area contributed by atoms with E-state index < -0.39 is 0 Å². The van der Waals surface area contributed by atoms with Gasteiger partial charge < -0.3 is 23.1 Å². The predicted molar refractivity (Wildman–Crippen MR) is 247 cm³/mol. The van der Waals surface area contributed by atoms with Crippen molar-refractivity contribution < 1.29 is 9.39 Å². The molecule has 2 aliphatic rings. The molecule has 0 N–H and O–H groups in total. The van der Waals surface area contributed by atoms with Gasteiger partial charge >= 0.3 is 6.92 Å². The van der Waals surface area contributed by atoms with Crippen LogP contribution in [0.2, 0.25) is 0 Å². The van der Waals surface area contributed by atoms with Crippen LogP contribution in [-0.4, -0.2) is 20.6 Å². The maximum atomic E-state index is 7.13. The minimum Gasteiger partial charge on any atom is -0.551 e. The van der Waals surface area contributed by atoms with Crippen LogP contribution in [0.5, 0.6) is 17.2 Å². The third-order valence-corrected chi connectivity index (χ3v) is 12.9. The first kappa shape index (κ1) is 32.1. The number of aromatic nitrogens is 3. The fourth-order valence-corrected chi connectivity index (χ4v) is 10.4. The molecule has 6 heteroatoms. The smallest absolute Gasteiger partial charge is 0.434 e. The summed E-state index contributed by atoms with van der Waals surface area (Å²) in [5.74, 6) is 2.47. The maximum absolute atomic E-state index is 7.13. The van der Waals surface area contributed by atoms with Crippen molar-refractivity contribution in [1.82, 2.24) is 13.7 Å². The molecule has 14 rings (SSSR count). The van der Waals surface area contributed by atoms with Gasteiger partial charge in [-0.25, -0.2) is 0 Å². The highest BCUT2D eigenvalue weighted by Gasteiger charge is 2.41. The van der Waals surface area contributed by atoms with E-state index in [0.29, 0.717) is 0 Å². The summed E-state index contributed by atoms with van der Waals surface area (Å²) in [5.41, 5.74) is 14.4. The normalized spacial score (nSPS) is 12.9. The molecule has 0 unspecified atom stereocenters. The first-order chi connectivity index (χ1) is 29.8. The molecule has 5 nitrogen and oxygen atoms in total. The minimum atomic E-state index is -0.324. The highest BCUT2D eigenvalue weighted by Crippen LogP contribution is 2.43. The molecule has 0 radical (unpaired) electrons. The summed E-state index contributed by atoms with van der Waals surface area (Å²) in [6, 6.07) is 69.9. The Morgan fingerprint density at radius 2 is 0.767 bits per heavy atom. The molecule has 12 aromatic rings. The number of fused-ring (bicyclic) bond motifs is 13. The van der Waals surface area contributed by atoms with Gasteiger partial charge in [-0.15, -0.1) is 0 Å². The van der Waals surface area contributed by atoms with Crippen LogP contribution < -0.4 is 20.3 Å². The Kier molecular flexibility index (Phi) is 6.31. The van der Waals surface area contributed by atoms with Crippen molar-refractivity contribution in [1.29, 1.82) is 0 Å². The molecule has 0 bridgehead atoms. The van der Waals surface area contributed by atoms with Gasteiger partial charge in [0.1, 0.15) is 17.2 Å². The summed E-state index contributed by atoms with van der Waals surface area (Å²) in [4.78, 5) is 0. The fourth-order valence-electron chi connectivity index (χ4n) is 10.4. The summed E-state index contributed by atoms with van der Waals surface area (Å²) in [7, 11) is 0. The fraction of sp³-hybridized carbons (Fsp3) is 0. The second-order valence-corrected chi connectivity index (χ2v) is 16.0. The molecule has 60 heavy (non-hydrogen) atoms. The average molecular weight is 766 g/mol. The zero-order valence-electron chi connectivity index (χ0n) is 32.2. The second kappa shape index (κ2) is 11.8. The van der Waals surface area contributed by atoms with Gasteiger partial charge in [0.25, 0.3) is 0 Å². The lowest BCUT2D eigenvalue weighted by Crippen LogP contribution is -2.53. The largest absolute Gasteiger partial charge is 0.551 e. The van der Waals surface area contributed by atoms with Gasteiger partial charge in [0.15, 0.2) is 0 Å². The van der Waals surface area contributed by atoms with Gasteiger partial charge in [-0.05, 0) is 66.2 Å². The molecule has 0 fully saturated rings. The zero-order valence-corrected chi connectivity index (χ0v) is 32.2. The zero-order chi connectivity index (χ0) is 39.1. The number of para-hydroxylation sites is 6. The van der Waals surface area contributed by atoms with E-state index in [4.69, 9.17) is 9.39 Å². The van der Waals surface area contributed by atoms with Gasteiger partial charge in [-0.2, -0.15) is 0 Å². The van der Waals surface area contributed by atoms with Crippen molar-refractivity contribution >= 4 is 83.3 Å². The van der Waals surface area contributed by atoms with Crippen LogP contribution in [0.1, 0.15) is 0 Å². The van der Waals surface area contributed by atoms with Gasteiger partial charge in [-0.3, -0.25) is 0 Å². The molecule has 0 saturated carbocycles. The van der Waals surface area contributed by atoms with Crippen LogP contribution in [0.3, 0.4) is 0 Å². The van der Waals surface area contributed by atoms with Crippen LogP contribution in [0, 0.1) is 0 Å². The first-order valence-electron chi connectivity index (χ1n) is 20.5. The van der Waals surface area contributed by atoms with E-state index in [-0.39, 0.29) is 6.92 Å². The Morgan fingerprint density at radius 3 is 1.35 bits per heavy atom. The maximum Gasteiger partial charge on any atom is 0.434 e. The summed E-state index contributed by atoms with van der Waals surface area (Å²) >= 11 is 0. The molecule has 278 valence electrons. The van der Waals surface area contributed by atoms with E-state index in [1.165, 1.54) is 43.4 Å². The molecule has 0 saturated heterocycles. The molecular weight excluding hydrogens is 733 g/mol. The molecule has 0 aliphatic carbocycles. The number of ether oxygens (including phenoxy) is 1. The van der Waals surface area contributed by atoms with Gasteiger partial charge in [-0.1, -0.05) is 121 Å². The number of rotatable bonds is 3. The molecular formula is C54H32BN3O2. The summed E-state index contributed by atoms with van der Waals surface area (Å²) in [5, 5.41) is 7.35. The van der Waals surface area contributed by atoms with Crippen LogP contribution in [0.15, 0.2) is 194 Å². The Bertz CT molecular complexity index is 3710. The minimum absolute atomic E-state index is 0.324. The predicted octanol–water partition coefficient (Wildman–Crippen LogP) is 12.2. The standard InChI is InChI=1S/C54H32BN3O2/c1-7-19-45-36(13-1)37-14-2-8-20-46(37)56(45)33-25-27-41-40-17-5-11-23-49(40)58(50(41)30-33)35-29-43-42-18-6-12-24-51(42)60-55-44-28-26-34(31-52(44)59-53(32-35)54(43)55)57-47-21-9-3-15-38(47)39-16-4-10-22-48(39)57/h1-32H. The lowest BCUT2D eigenvalue weighted by Gasteiger charge is -2.33. The number of benzene rings is 9. The molecule has 0 amide bonds. The van der Waals surface area contributed by atoms with Crippen molar-refractivity contribution in [2.45, 2.75) is 0 Å². The van der Waals surface area contributed by atoms with E-state index in [2.05, 4.69) is 208 Å². The summed E-state index contributed by atoms with van der Waals surface area (Å²) in [6.45, 7) is -0.324. The molecule has 0 spiro atoms. The molecule has 9 aromatic carbocycles. The molecule has 0 atom stereocenters. The number of hydrogen-bond acceptors (Lipinski definition) is 2. The van der Waals surface area contributed by atoms with E-state index in [1.807, 2.05) is 0 Å². The van der Waals surface area contributed by atoms with E-state index in [1.54, 1.807) is 0 Å². The highest BCUT2D eigenvalue weighted by molar-refractivity contribution is 6.84. The van der Waals surface area contributed by atoms with Crippen molar-refractivity contribution in [2.75, 3.05) is 0 Å². The van der Waals surface area contributed by atoms with Crippen LogP contribution in [-0.2, 0) is 0 Å². The Morgan fingerprint density at radius 1 is 0.317 bits per heavy atom. The number of nitrogens with zero attached hydrogens (tertiary/aromatic N) is 3. The lowest BCUT2D eigenvalue weighted by atomic mass is 9.51. The van der Waals surface area contributed by atoms with Crippen molar-refractivity contribution in [3.63, 3.8) is 0 Å². The Labute approximate surface area is 344 Å². The van der Waals surface area contributed by atoms with Crippen LogP contribution in [0.4, 0.5) is 0 Å². The van der Waals surface area contributed by atoms with Gasteiger partial charge in [0, 0.05) is 72.3 Å². The highest BCUT2D eigenvalue weighted by atomic mass is 16.5. The third-order valence-electron chi connectivity index (χ3n) is 12.9. The van der Waals surface area contributed by atoms with E-state index in [0.717, 1.165) is 78.4 Å². The monoisotopic (exact) mass is 765 g/mol. The van der Waals surface area contributed by atoms with Crippen molar-refractivity contribution in [3.05, 3.63) is 194 Å². The van der Waals surface area contributed by atoms with Crippen LogP contribution in [0.25, 0.3) is 93.6 Å². The van der Waals surface area contributed by atoms with Crippen molar-refractivity contribution in [3.8, 4) is 45.4 Å². The third kappa shape index (κ3) is 4.26. The van der Waals surface area contributed by atoms with E-state index >= 15 is 0 Å². The lowest BCUT2D eigenvalue weighted by molar-refractivity contribution is 0.479. The molecule has 3 aromatic heterocycles. The van der Waals surface area contributed by atoms with E-state index in [9.17, 15) is 0 Å². The van der Waals surface area contributed by atoms with Gasteiger partial charge in [0.2, 0.25) is 0 Å². The first-order valence-corrected chi connectivity index (χ1v) is 20.5. The SMILES string of the molecule is c1ccc2c(c1)OB1c3ccc(-n4c5ccccc5c5ccccc54)cc3Oc3cc(-n4c5ccccc5c5ccc(-n6c7ccccc7c7ccccc76)cc54)cc-2c31.